The Kier molecular flexibility index (Phi) is 5.35. The molecule has 0 aliphatic heterocycles. The smallest absolute Gasteiger partial charge is 0.276 e. The van der Waals surface area contributed by atoms with Gasteiger partial charge >= 0.3 is 0 Å². The minimum Gasteiger partial charge on any atom is -0.336 e. The largest absolute Gasteiger partial charge is 0.336 e. The molecule has 144 valence electrons. The van der Waals surface area contributed by atoms with Crippen LogP contribution in [-0.4, -0.2) is 37.8 Å². The van der Waals surface area contributed by atoms with Crippen molar-refractivity contribution in [1.82, 2.24) is 24.9 Å². The molecule has 6 nitrogen and oxygen atoms in total. The van der Waals surface area contributed by atoms with Crippen molar-refractivity contribution in [2.45, 2.75) is 6.54 Å². The molecule has 2 aromatic heterocycles. The number of carbonyl (C=O) groups excluding carboxylic acids is 1. The highest BCUT2D eigenvalue weighted by Crippen LogP contribution is 2.26. The van der Waals surface area contributed by atoms with Crippen LogP contribution in [0.3, 0.4) is 0 Å². The normalized spacial score (nSPS) is 10.7. The van der Waals surface area contributed by atoms with Gasteiger partial charge in [-0.3, -0.25) is 9.78 Å². The lowest BCUT2D eigenvalue weighted by molar-refractivity contribution is 0.0780. The first-order valence-corrected chi connectivity index (χ1v) is 9.42. The molecule has 0 saturated carbocycles. The highest BCUT2D eigenvalue weighted by atomic mass is 35.5. The molecule has 7 heteroatoms. The van der Waals surface area contributed by atoms with Crippen LogP contribution in [0, 0.1) is 0 Å². The predicted octanol–water partition coefficient (Wildman–Crippen LogP) is 4.25. The monoisotopic (exact) mass is 403 g/mol. The third-order valence-corrected chi connectivity index (χ3v) is 4.74. The Morgan fingerprint density at radius 2 is 1.79 bits per heavy atom. The van der Waals surface area contributed by atoms with Crippen LogP contribution in [0.2, 0.25) is 5.02 Å². The van der Waals surface area contributed by atoms with E-state index in [0.29, 0.717) is 17.3 Å². The maximum absolute atomic E-state index is 13.2. The van der Waals surface area contributed by atoms with Gasteiger partial charge in [0.2, 0.25) is 0 Å². The van der Waals surface area contributed by atoms with E-state index in [1.54, 1.807) is 41.2 Å². The highest BCUT2D eigenvalue weighted by Gasteiger charge is 2.25. The second-order valence-corrected chi connectivity index (χ2v) is 7.00. The van der Waals surface area contributed by atoms with Gasteiger partial charge in [0, 0.05) is 36.6 Å². The molecule has 0 saturated heterocycles. The van der Waals surface area contributed by atoms with Crippen molar-refractivity contribution < 1.29 is 4.79 Å². The molecule has 0 aliphatic rings. The summed E-state index contributed by atoms with van der Waals surface area (Å²) in [5.74, 6) is -0.215. The Balaban J connectivity index is 1.75. The number of rotatable bonds is 5. The van der Waals surface area contributed by atoms with Gasteiger partial charge in [-0.2, -0.15) is 0 Å². The molecule has 0 N–H and O–H groups in total. The zero-order chi connectivity index (χ0) is 20.2. The molecule has 0 radical (unpaired) electrons. The quantitative estimate of drug-likeness (QED) is 0.499. The zero-order valence-corrected chi connectivity index (χ0v) is 16.5. The van der Waals surface area contributed by atoms with E-state index in [9.17, 15) is 4.79 Å². The topological polar surface area (TPSA) is 63.9 Å². The van der Waals surface area contributed by atoms with Gasteiger partial charge in [0.15, 0.2) is 5.69 Å². The Morgan fingerprint density at radius 3 is 2.48 bits per heavy atom. The Bertz CT molecular complexity index is 1110. The Hall–Kier alpha value is -3.51. The van der Waals surface area contributed by atoms with Crippen molar-refractivity contribution in [2.75, 3.05) is 7.05 Å². The maximum Gasteiger partial charge on any atom is 0.276 e. The van der Waals surface area contributed by atoms with E-state index in [1.165, 1.54) is 0 Å². The molecule has 0 bridgehead atoms. The average molecular weight is 404 g/mol. The summed E-state index contributed by atoms with van der Waals surface area (Å²) < 4.78 is 1.64. The van der Waals surface area contributed by atoms with E-state index in [1.807, 2.05) is 54.6 Å². The van der Waals surface area contributed by atoms with Crippen LogP contribution in [0.15, 0.2) is 79.1 Å². The van der Waals surface area contributed by atoms with E-state index in [-0.39, 0.29) is 11.6 Å². The predicted molar refractivity (Wildman–Crippen MR) is 112 cm³/mol. The fourth-order valence-electron chi connectivity index (χ4n) is 3.06. The van der Waals surface area contributed by atoms with Gasteiger partial charge in [-0.15, -0.1) is 5.10 Å². The average Bonchev–Trinajstić information content (AvgIpc) is 3.20. The van der Waals surface area contributed by atoms with Crippen LogP contribution in [0.4, 0.5) is 0 Å². The van der Waals surface area contributed by atoms with Crippen molar-refractivity contribution >= 4 is 17.5 Å². The number of benzene rings is 2. The molecule has 0 unspecified atom stereocenters. The summed E-state index contributed by atoms with van der Waals surface area (Å²) in [4.78, 5) is 19.0. The van der Waals surface area contributed by atoms with Crippen molar-refractivity contribution in [3.63, 3.8) is 0 Å². The fraction of sp³-hybridized carbons (Fsp3) is 0.0909. The summed E-state index contributed by atoms with van der Waals surface area (Å²) in [7, 11) is 1.75. The number of hydrogen-bond acceptors (Lipinski definition) is 4. The molecule has 1 amide bonds. The number of pyridine rings is 1. The lowest BCUT2D eigenvalue weighted by Gasteiger charge is -2.17. The van der Waals surface area contributed by atoms with Crippen LogP contribution >= 0.6 is 11.6 Å². The number of aromatic nitrogens is 4. The second-order valence-electron chi connectivity index (χ2n) is 6.56. The SMILES string of the molecule is CN(Cc1ccccc1)C(=O)c1nnn(-c2ccc(Cl)cc2)c1-c1cccnc1. The van der Waals surface area contributed by atoms with Crippen LogP contribution in [0.25, 0.3) is 16.9 Å². The summed E-state index contributed by atoms with van der Waals surface area (Å²) >= 11 is 6.01. The number of carbonyl (C=O) groups is 1. The molecule has 4 rings (SSSR count). The van der Waals surface area contributed by atoms with Gasteiger partial charge in [-0.1, -0.05) is 47.1 Å². The molecule has 0 aliphatic carbocycles. The number of nitrogens with zero attached hydrogens (tertiary/aromatic N) is 5. The third-order valence-electron chi connectivity index (χ3n) is 4.49. The van der Waals surface area contributed by atoms with E-state index >= 15 is 0 Å². The molecule has 0 fully saturated rings. The minimum atomic E-state index is -0.215. The van der Waals surface area contributed by atoms with E-state index in [2.05, 4.69) is 15.3 Å². The number of halogens is 1. The molecule has 0 spiro atoms. The summed E-state index contributed by atoms with van der Waals surface area (Å²) in [6.45, 7) is 0.472. The Labute approximate surface area is 173 Å². The van der Waals surface area contributed by atoms with Gasteiger partial charge in [0.25, 0.3) is 5.91 Å². The summed E-state index contributed by atoms with van der Waals surface area (Å²) in [6, 6.07) is 20.7. The molecule has 2 aromatic carbocycles. The first-order chi connectivity index (χ1) is 14.1. The first kappa shape index (κ1) is 18.8. The minimum absolute atomic E-state index is 0.215. The van der Waals surface area contributed by atoms with E-state index in [4.69, 9.17) is 11.6 Å². The van der Waals surface area contributed by atoms with Crippen LogP contribution in [0.1, 0.15) is 16.1 Å². The van der Waals surface area contributed by atoms with Gasteiger partial charge in [-0.05, 0) is 42.0 Å². The van der Waals surface area contributed by atoms with Crippen LogP contribution in [0.5, 0.6) is 0 Å². The molecule has 4 aromatic rings. The fourth-order valence-corrected chi connectivity index (χ4v) is 3.19. The second kappa shape index (κ2) is 8.24. The van der Waals surface area contributed by atoms with Crippen LogP contribution in [-0.2, 0) is 6.54 Å². The first-order valence-electron chi connectivity index (χ1n) is 9.05. The lowest BCUT2D eigenvalue weighted by Crippen LogP contribution is -2.27. The zero-order valence-electron chi connectivity index (χ0n) is 15.7. The lowest BCUT2D eigenvalue weighted by atomic mass is 10.1. The van der Waals surface area contributed by atoms with E-state index < -0.39 is 0 Å². The van der Waals surface area contributed by atoms with Crippen molar-refractivity contribution in [1.29, 1.82) is 0 Å². The summed E-state index contributed by atoms with van der Waals surface area (Å²) in [5.41, 5.74) is 3.41. The van der Waals surface area contributed by atoms with Crippen LogP contribution < -0.4 is 0 Å². The van der Waals surface area contributed by atoms with Crippen molar-refractivity contribution in [3.05, 3.63) is 95.4 Å². The molecular weight excluding hydrogens is 386 g/mol. The number of hydrogen-bond donors (Lipinski definition) is 0. The third kappa shape index (κ3) is 4.02. The van der Waals surface area contributed by atoms with Gasteiger partial charge in [-0.25, -0.2) is 4.68 Å². The maximum atomic E-state index is 13.2. The van der Waals surface area contributed by atoms with Gasteiger partial charge < -0.3 is 4.90 Å². The molecule has 2 heterocycles. The van der Waals surface area contributed by atoms with Crippen molar-refractivity contribution in [3.8, 4) is 16.9 Å². The van der Waals surface area contributed by atoms with Crippen molar-refractivity contribution in [2.24, 2.45) is 0 Å². The number of amides is 1. The Morgan fingerprint density at radius 1 is 1.03 bits per heavy atom. The van der Waals surface area contributed by atoms with E-state index in [0.717, 1.165) is 16.8 Å². The highest BCUT2D eigenvalue weighted by molar-refractivity contribution is 6.30. The van der Waals surface area contributed by atoms with Gasteiger partial charge in [0.05, 0.1) is 5.69 Å². The molecule has 0 atom stereocenters. The van der Waals surface area contributed by atoms with Gasteiger partial charge in [0.1, 0.15) is 5.69 Å². The standard InChI is InChI=1S/C22H18ClN5O/c1-27(15-16-6-3-2-4-7-16)22(29)20-21(17-8-5-13-24-14-17)28(26-25-20)19-11-9-18(23)10-12-19/h2-14H,15H2,1H3. The molecular formula is C22H18ClN5O. The summed E-state index contributed by atoms with van der Waals surface area (Å²) in [5, 5.41) is 9.09. The molecule has 29 heavy (non-hydrogen) atoms. The summed E-state index contributed by atoms with van der Waals surface area (Å²) in [6.07, 6.45) is 3.38.